The molecule has 0 bridgehead atoms. The normalized spacial score (nSPS) is 11.3. The van der Waals surface area contributed by atoms with E-state index in [9.17, 15) is 8.42 Å². The summed E-state index contributed by atoms with van der Waals surface area (Å²) in [4.78, 5) is 0.220. The number of rotatable bonds is 7. The highest BCUT2D eigenvalue weighted by atomic mass is 32.2. The van der Waals surface area contributed by atoms with E-state index in [-0.39, 0.29) is 11.4 Å². The zero-order valence-corrected chi connectivity index (χ0v) is 15.1. The summed E-state index contributed by atoms with van der Waals surface area (Å²) in [7, 11) is -2.12. The van der Waals surface area contributed by atoms with Crippen LogP contribution in [0.15, 0.2) is 66.1 Å². The number of benzene rings is 2. The molecule has 0 aliphatic rings. The van der Waals surface area contributed by atoms with Crippen molar-refractivity contribution in [2.75, 3.05) is 18.0 Å². The van der Waals surface area contributed by atoms with Crippen molar-refractivity contribution >= 4 is 15.7 Å². The molecule has 2 rings (SSSR count). The number of ether oxygens (including phenoxy) is 1. The number of anilines is 1. The Labute approximate surface area is 144 Å². The lowest BCUT2D eigenvalue weighted by molar-refractivity contribution is 0.414. The standard InChI is InChI=1S/C19H23NO3S/c1-5-14-20(17-8-6-16(7-9-17)15(2)3)24(21,22)19-12-10-18(23-4)11-13-19/h5-13,15H,1,14H2,2-4H3. The quantitative estimate of drug-likeness (QED) is 0.707. The van der Waals surface area contributed by atoms with Gasteiger partial charge in [0.25, 0.3) is 10.0 Å². The highest BCUT2D eigenvalue weighted by Gasteiger charge is 2.24. The Morgan fingerprint density at radius 2 is 1.67 bits per heavy atom. The minimum atomic E-state index is -3.67. The van der Waals surface area contributed by atoms with E-state index in [4.69, 9.17) is 4.74 Å². The molecule has 0 saturated heterocycles. The molecule has 0 atom stereocenters. The number of sulfonamides is 1. The average Bonchev–Trinajstić information content (AvgIpc) is 2.59. The van der Waals surface area contributed by atoms with E-state index in [2.05, 4.69) is 20.4 Å². The van der Waals surface area contributed by atoms with Gasteiger partial charge >= 0.3 is 0 Å². The van der Waals surface area contributed by atoms with Crippen molar-refractivity contribution in [2.24, 2.45) is 0 Å². The van der Waals surface area contributed by atoms with Crippen LogP contribution in [-0.2, 0) is 10.0 Å². The van der Waals surface area contributed by atoms with E-state index >= 15 is 0 Å². The Bertz CT molecular complexity index is 778. The zero-order valence-electron chi connectivity index (χ0n) is 14.3. The summed E-state index contributed by atoms with van der Waals surface area (Å²) in [6, 6.07) is 14.0. The predicted molar refractivity (Wildman–Crippen MR) is 98.3 cm³/mol. The molecule has 0 fully saturated rings. The van der Waals surface area contributed by atoms with Crippen LogP contribution in [0.3, 0.4) is 0 Å². The first-order valence-corrected chi connectivity index (χ1v) is 9.21. The number of hydrogen-bond acceptors (Lipinski definition) is 3. The molecule has 0 amide bonds. The zero-order chi connectivity index (χ0) is 17.7. The van der Waals surface area contributed by atoms with Crippen molar-refractivity contribution in [3.05, 3.63) is 66.7 Å². The summed E-state index contributed by atoms with van der Waals surface area (Å²) in [5.41, 5.74) is 1.79. The SMILES string of the molecule is C=CCN(c1ccc(C(C)C)cc1)S(=O)(=O)c1ccc(OC)cc1. The van der Waals surface area contributed by atoms with Crippen molar-refractivity contribution in [1.82, 2.24) is 0 Å². The second-order valence-electron chi connectivity index (χ2n) is 5.75. The molecule has 0 radical (unpaired) electrons. The molecule has 24 heavy (non-hydrogen) atoms. The predicted octanol–water partition coefficient (Wildman–Crippen LogP) is 4.20. The Hall–Kier alpha value is -2.27. The van der Waals surface area contributed by atoms with Crippen LogP contribution in [0, 0.1) is 0 Å². The molecule has 0 heterocycles. The maximum Gasteiger partial charge on any atom is 0.264 e. The van der Waals surface area contributed by atoms with Gasteiger partial charge in [-0.2, -0.15) is 0 Å². The van der Waals surface area contributed by atoms with Gasteiger partial charge in [-0.15, -0.1) is 6.58 Å². The van der Waals surface area contributed by atoms with Crippen LogP contribution >= 0.6 is 0 Å². The smallest absolute Gasteiger partial charge is 0.264 e. The van der Waals surface area contributed by atoms with E-state index in [1.54, 1.807) is 37.5 Å². The third kappa shape index (κ3) is 3.79. The Kier molecular flexibility index (Phi) is 5.67. The Balaban J connectivity index is 2.42. The van der Waals surface area contributed by atoms with Crippen molar-refractivity contribution < 1.29 is 13.2 Å². The molecular formula is C19H23NO3S. The van der Waals surface area contributed by atoms with E-state index < -0.39 is 10.0 Å². The van der Waals surface area contributed by atoms with Crippen molar-refractivity contribution in [3.63, 3.8) is 0 Å². The number of nitrogens with zero attached hydrogens (tertiary/aromatic N) is 1. The van der Waals surface area contributed by atoms with Crippen LogP contribution in [0.1, 0.15) is 25.3 Å². The third-order valence-corrected chi connectivity index (χ3v) is 5.60. The van der Waals surface area contributed by atoms with Gasteiger partial charge in [0.1, 0.15) is 5.75 Å². The summed E-state index contributed by atoms with van der Waals surface area (Å²) < 4.78 is 32.4. The molecule has 0 N–H and O–H groups in total. The van der Waals surface area contributed by atoms with Gasteiger partial charge in [0.2, 0.25) is 0 Å². The highest BCUT2D eigenvalue weighted by Crippen LogP contribution is 2.26. The lowest BCUT2D eigenvalue weighted by atomic mass is 10.0. The van der Waals surface area contributed by atoms with Gasteiger partial charge in [-0.1, -0.05) is 32.1 Å². The lowest BCUT2D eigenvalue weighted by Crippen LogP contribution is -2.31. The summed E-state index contributed by atoms with van der Waals surface area (Å²) >= 11 is 0. The Morgan fingerprint density at radius 3 is 2.12 bits per heavy atom. The molecule has 0 aromatic heterocycles. The molecular weight excluding hydrogens is 322 g/mol. The van der Waals surface area contributed by atoms with E-state index in [0.29, 0.717) is 17.4 Å². The lowest BCUT2D eigenvalue weighted by Gasteiger charge is -2.23. The van der Waals surface area contributed by atoms with Gasteiger partial charge in [0.05, 0.1) is 24.2 Å². The summed E-state index contributed by atoms with van der Waals surface area (Å²) in [5, 5.41) is 0. The Morgan fingerprint density at radius 1 is 1.08 bits per heavy atom. The summed E-state index contributed by atoms with van der Waals surface area (Å²) in [6.07, 6.45) is 1.58. The van der Waals surface area contributed by atoms with E-state index in [0.717, 1.165) is 0 Å². The van der Waals surface area contributed by atoms with Crippen LogP contribution < -0.4 is 9.04 Å². The largest absolute Gasteiger partial charge is 0.497 e. The van der Waals surface area contributed by atoms with Crippen LogP contribution in [0.25, 0.3) is 0 Å². The van der Waals surface area contributed by atoms with Crippen LogP contribution in [0.4, 0.5) is 5.69 Å². The van der Waals surface area contributed by atoms with Crippen molar-refractivity contribution in [2.45, 2.75) is 24.7 Å². The fourth-order valence-corrected chi connectivity index (χ4v) is 3.80. The van der Waals surface area contributed by atoms with Gasteiger partial charge < -0.3 is 4.74 Å². The molecule has 5 heteroatoms. The first-order chi connectivity index (χ1) is 11.4. The van der Waals surface area contributed by atoms with Gasteiger partial charge in [0.15, 0.2) is 0 Å². The van der Waals surface area contributed by atoms with Crippen molar-refractivity contribution in [1.29, 1.82) is 0 Å². The summed E-state index contributed by atoms with van der Waals surface area (Å²) in [5.74, 6) is 1.01. The molecule has 128 valence electrons. The second-order valence-corrected chi connectivity index (χ2v) is 7.61. The first-order valence-electron chi connectivity index (χ1n) is 7.77. The fourth-order valence-electron chi connectivity index (χ4n) is 2.36. The maximum absolute atomic E-state index is 13.0. The fraction of sp³-hybridized carbons (Fsp3) is 0.263. The molecule has 0 unspecified atom stereocenters. The minimum absolute atomic E-state index is 0.204. The highest BCUT2D eigenvalue weighted by molar-refractivity contribution is 7.92. The molecule has 2 aromatic rings. The minimum Gasteiger partial charge on any atom is -0.497 e. The van der Waals surface area contributed by atoms with Gasteiger partial charge in [-0.3, -0.25) is 4.31 Å². The maximum atomic E-state index is 13.0. The van der Waals surface area contributed by atoms with Crippen LogP contribution in [0.5, 0.6) is 5.75 Å². The van der Waals surface area contributed by atoms with Gasteiger partial charge in [-0.05, 0) is 47.9 Å². The molecule has 2 aromatic carbocycles. The molecule has 4 nitrogen and oxygen atoms in total. The van der Waals surface area contributed by atoms with Crippen LogP contribution in [0.2, 0.25) is 0 Å². The number of hydrogen-bond donors (Lipinski definition) is 0. The monoisotopic (exact) mass is 345 g/mol. The third-order valence-electron chi connectivity index (χ3n) is 3.79. The second kappa shape index (κ2) is 7.53. The van der Waals surface area contributed by atoms with E-state index in [1.807, 2.05) is 24.3 Å². The first kappa shape index (κ1) is 18.1. The number of methoxy groups -OCH3 is 1. The molecule has 0 saturated carbocycles. The van der Waals surface area contributed by atoms with Gasteiger partial charge in [0, 0.05) is 0 Å². The summed E-state index contributed by atoms with van der Waals surface area (Å²) in [6.45, 7) is 8.09. The molecule has 0 aliphatic carbocycles. The van der Waals surface area contributed by atoms with Crippen molar-refractivity contribution in [3.8, 4) is 5.75 Å². The van der Waals surface area contributed by atoms with E-state index in [1.165, 1.54) is 9.87 Å². The van der Waals surface area contributed by atoms with Crippen LogP contribution in [-0.4, -0.2) is 22.1 Å². The average molecular weight is 345 g/mol. The molecule has 0 aliphatic heterocycles. The van der Waals surface area contributed by atoms with Gasteiger partial charge in [-0.25, -0.2) is 8.42 Å². The molecule has 0 spiro atoms. The topological polar surface area (TPSA) is 46.6 Å².